The minimum absolute atomic E-state index is 0.865. The third kappa shape index (κ3) is 3.38. The van der Waals surface area contributed by atoms with Crippen molar-refractivity contribution in [1.82, 2.24) is 19.9 Å². The molecule has 0 bridgehead atoms. The number of hydrogen-bond donors (Lipinski definition) is 2. The largest absolute Gasteiger partial charge is 0.344 e. The molecule has 6 aromatic rings. The molecule has 6 rings (SSSR count). The molecule has 0 saturated heterocycles. The van der Waals surface area contributed by atoms with E-state index in [1.54, 1.807) is 0 Å². The van der Waals surface area contributed by atoms with E-state index in [1.165, 1.54) is 5.39 Å². The molecule has 0 fully saturated rings. The first kappa shape index (κ1) is 18.3. The van der Waals surface area contributed by atoms with Gasteiger partial charge in [-0.25, -0.2) is 9.97 Å². The quantitative estimate of drug-likeness (QED) is 0.329. The van der Waals surface area contributed by atoms with Gasteiger partial charge in [0.15, 0.2) is 0 Å². The Kier molecular flexibility index (Phi) is 4.40. The minimum atomic E-state index is 0.865. The zero-order valence-electron chi connectivity index (χ0n) is 17.3. The first-order chi connectivity index (χ1) is 15.8. The average molecular weight is 412 g/mol. The number of fused-ring (bicyclic) bond motifs is 1. The van der Waals surface area contributed by atoms with E-state index in [1.807, 2.05) is 48.8 Å². The van der Waals surface area contributed by atoms with Crippen molar-refractivity contribution < 1.29 is 0 Å². The molecule has 0 radical (unpaired) electrons. The highest BCUT2D eigenvalue weighted by Gasteiger charge is 2.09. The molecule has 32 heavy (non-hydrogen) atoms. The molecule has 0 unspecified atom stereocenters. The number of rotatable bonds is 4. The summed E-state index contributed by atoms with van der Waals surface area (Å²) >= 11 is 0. The number of aromatic nitrogens is 4. The molecule has 0 amide bonds. The van der Waals surface area contributed by atoms with Crippen molar-refractivity contribution >= 4 is 10.8 Å². The van der Waals surface area contributed by atoms with E-state index in [-0.39, 0.29) is 0 Å². The van der Waals surface area contributed by atoms with Crippen LogP contribution in [0.25, 0.3) is 56.1 Å². The lowest BCUT2D eigenvalue weighted by atomic mass is 10.0. The number of aromatic amines is 2. The Labute approximate surface area is 185 Å². The minimum Gasteiger partial charge on any atom is -0.344 e. The Morgan fingerprint density at radius 2 is 1.25 bits per heavy atom. The maximum absolute atomic E-state index is 4.80. The lowest BCUT2D eigenvalue weighted by molar-refractivity contribution is 1.31. The smallest absolute Gasteiger partial charge is 0.138 e. The predicted molar refractivity (Wildman–Crippen MR) is 130 cm³/mol. The van der Waals surface area contributed by atoms with Gasteiger partial charge in [-0.3, -0.25) is 0 Å². The summed E-state index contributed by atoms with van der Waals surface area (Å²) in [5.74, 6) is 1.74. The van der Waals surface area contributed by atoms with Gasteiger partial charge >= 0.3 is 0 Å². The first-order valence-electron chi connectivity index (χ1n) is 10.6. The number of hydrogen-bond acceptors (Lipinski definition) is 2. The zero-order chi connectivity index (χ0) is 21.3. The number of nitrogens with zero attached hydrogens (tertiary/aromatic N) is 2. The van der Waals surface area contributed by atoms with Gasteiger partial charge in [-0.1, -0.05) is 84.9 Å². The van der Waals surface area contributed by atoms with Gasteiger partial charge in [-0.2, -0.15) is 0 Å². The Morgan fingerprint density at radius 3 is 2.03 bits per heavy atom. The van der Waals surface area contributed by atoms with E-state index in [0.29, 0.717) is 0 Å². The Morgan fingerprint density at radius 1 is 0.562 bits per heavy atom. The molecule has 2 heterocycles. The summed E-state index contributed by atoms with van der Waals surface area (Å²) in [5, 5.41) is 2.35. The Bertz CT molecular complexity index is 1400. The lowest BCUT2D eigenvalue weighted by Gasteiger charge is -2.04. The van der Waals surface area contributed by atoms with Gasteiger partial charge in [0, 0.05) is 28.5 Å². The number of nitrogens with one attached hydrogen (secondary N) is 2. The summed E-state index contributed by atoms with van der Waals surface area (Å²) < 4.78 is 0. The Balaban J connectivity index is 1.35. The second-order valence-electron chi connectivity index (χ2n) is 7.79. The third-order valence-electron chi connectivity index (χ3n) is 5.70. The fourth-order valence-corrected chi connectivity index (χ4v) is 4.00. The molecule has 0 aliphatic carbocycles. The van der Waals surface area contributed by atoms with E-state index >= 15 is 0 Å². The summed E-state index contributed by atoms with van der Waals surface area (Å²) in [6.07, 6.45) is 3.85. The monoisotopic (exact) mass is 412 g/mol. The highest BCUT2D eigenvalue weighted by atomic mass is 14.9. The van der Waals surface area contributed by atoms with Crippen LogP contribution in [-0.2, 0) is 0 Å². The van der Waals surface area contributed by atoms with E-state index < -0.39 is 0 Å². The standard InChI is InChI=1S/C28H20N4/c1-3-7-20(8-4-1)25-17-30-28(31-25)23-14-12-19-11-13-22(15-24(19)16-23)26-18-29-27(32-26)21-9-5-2-6-10-21/h1-18H,(H,29,32)(H,30,31). The van der Waals surface area contributed by atoms with Crippen LogP contribution in [-0.4, -0.2) is 19.9 Å². The molecule has 4 nitrogen and oxygen atoms in total. The zero-order valence-corrected chi connectivity index (χ0v) is 17.3. The molecule has 4 aromatic carbocycles. The molecule has 0 spiro atoms. The van der Waals surface area contributed by atoms with Gasteiger partial charge in [0.2, 0.25) is 0 Å². The van der Waals surface area contributed by atoms with Crippen molar-refractivity contribution in [3.05, 3.63) is 109 Å². The van der Waals surface area contributed by atoms with Crippen molar-refractivity contribution in [2.45, 2.75) is 0 Å². The molecule has 0 aliphatic heterocycles. The van der Waals surface area contributed by atoms with Crippen molar-refractivity contribution in [3.8, 4) is 45.3 Å². The van der Waals surface area contributed by atoms with Crippen LogP contribution >= 0.6 is 0 Å². The molecular weight excluding hydrogens is 392 g/mol. The van der Waals surface area contributed by atoms with Gasteiger partial charge in [0.25, 0.3) is 0 Å². The SMILES string of the molecule is c1ccc(-c2c[nH]c(-c3ccc4ccc(-c5cnc(-c6ccccc6)[nH]5)cc4c3)n2)cc1. The topological polar surface area (TPSA) is 57.4 Å². The van der Waals surface area contributed by atoms with Crippen LogP contribution in [0, 0.1) is 0 Å². The maximum atomic E-state index is 4.80. The maximum Gasteiger partial charge on any atom is 0.138 e. The highest BCUT2D eigenvalue weighted by molar-refractivity contribution is 5.90. The fourth-order valence-electron chi connectivity index (χ4n) is 4.00. The lowest BCUT2D eigenvalue weighted by Crippen LogP contribution is -1.84. The molecule has 4 heteroatoms. The Hall–Kier alpha value is -4.44. The number of H-pyrrole nitrogens is 2. The third-order valence-corrected chi connectivity index (χ3v) is 5.70. The van der Waals surface area contributed by atoms with Crippen LogP contribution in [0.15, 0.2) is 109 Å². The molecule has 0 saturated carbocycles. The van der Waals surface area contributed by atoms with Crippen molar-refractivity contribution in [1.29, 1.82) is 0 Å². The van der Waals surface area contributed by atoms with Crippen molar-refractivity contribution in [2.75, 3.05) is 0 Å². The van der Waals surface area contributed by atoms with Crippen LogP contribution in [0.2, 0.25) is 0 Å². The molecule has 2 aromatic heterocycles. The summed E-state index contributed by atoms with van der Waals surface area (Å²) in [7, 11) is 0. The van der Waals surface area contributed by atoms with Crippen LogP contribution < -0.4 is 0 Å². The van der Waals surface area contributed by atoms with E-state index in [2.05, 4.69) is 75.6 Å². The molecule has 0 aliphatic rings. The highest BCUT2D eigenvalue weighted by Crippen LogP contribution is 2.29. The van der Waals surface area contributed by atoms with Crippen molar-refractivity contribution in [3.63, 3.8) is 0 Å². The second kappa shape index (κ2) is 7.67. The predicted octanol–water partition coefficient (Wildman–Crippen LogP) is 6.95. The van der Waals surface area contributed by atoms with E-state index in [4.69, 9.17) is 4.98 Å². The molecule has 152 valence electrons. The van der Waals surface area contributed by atoms with Crippen LogP contribution in [0.3, 0.4) is 0 Å². The summed E-state index contributed by atoms with van der Waals surface area (Å²) in [5.41, 5.74) is 6.29. The summed E-state index contributed by atoms with van der Waals surface area (Å²) in [6, 6.07) is 33.3. The van der Waals surface area contributed by atoms with Crippen molar-refractivity contribution in [2.24, 2.45) is 0 Å². The van der Waals surface area contributed by atoms with Crippen LogP contribution in [0.1, 0.15) is 0 Å². The summed E-state index contributed by atoms with van der Waals surface area (Å²) in [4.78, 5) is 16.1. The van der Waals surface area contributed by atoms with Gasteiger partial charge in [-0.15, -0.1) is 0 Å². The van der Waals surface area contributed by atoms with Gasteiger partial charge in [0.05, 0.1) is 17.6 Å². The molecule has 0 atom stereocenters. The van der Waals surface area contributed by atoms with Gasteiger partial charge in [-0.05, 0) is 22.9 Å². The second-order valence-corrected chi connectivity index (χ2v) is 7.79. The first-order valence-corrected chi connectivity index (χ1v) is 10.6. The van der Waals surface area contributed by atoms with Gasteiger partial charge < -0.3 is 9.97 Å². The molecular formula is C28H20N4. The van der Waals surface area contributed by atoms with Crippen LogP contribution in [0.5, 0.6) is 0 Å². The average Bonchev–Trinajstić information content (AvgIpc) is 3.55. The fraction of sp³-hybridized carbons (Fsp3) is 0. The van der Waals surface area contributed by atoms with Crippen LogP contribution in [0.4, 0.5) is 0 Å². The number of benzene rings is 4. The number of imidazole rings is 2. The van der Waals surface area contributed by atoms with E-state index in [0.717, 1.165) is 50.7 Å². The molecule has 2 N–H and O–H groups in total. The summed E-state index contributed by atoms with van der Waals surface area (Å²) in [6.45, 7) is 0. The van der Waals surface area contributed by atoms with Gasteiger partial charge in [0.1, 0.15) is 11.6 Å². The normalized spacial score (nSPS) is 11.1. The van der Waals surface area contributed by atoms with E-state index in [9.17, 15) is 0 Å².